The summed E-state index contributed by atoms with van der Waals surface area (Å²) in [6.45, 7) is 11.9. The van der Waals surface area contributed by atoms with Crippen LogP contribution in [0.15, 0.2) is 51.5 Å². The Labute approximate surface area is 227 Å². The van der Waals surface area contributed by atoms with Crippen LogP contribution in [0.5, 0.6) is 5.75 Å². The molecule has 2 heterocycles. The first-order valence-electron chi connectivity index (χ1n) is 14.6. The van der Waals surface area contributed by atoms with Gasteiger partial charge in [-0.25, -0.2) is 0 Å². The average Bonchev–Trinajstić information content (AvgIpc) is 3.06. The molecule has 0 spiro atoms. The van der Waals surface area contributed by atoms with Gasteiger partial charge in [0.25, 0.3) is 5.91 Å². The number of nitrogens with zero attached hydrogens (tertiary/aromatic N) is 4. The fourth-order valence-corrected chi connectivity index (χ4v) is 7.47. The van der Waals surface area contributed by atoms with Gasteiger partial charge in [0, 0.05) is 32.3 Å². The van der Waals surface area contributed by atoms with Crippen molar-refractivity contribution < 1.29 is 9.90 Å². The molecule has 38 heavy (non-hydrogen) atoms. The van der Waals surface area contributed by atoms with Crippen LogP contribution >= 0.6 is 0 Å². The van der Waals surface area contributed by atoms with Crippen molar-refractivity contribution in [3.8, 4) is 5.75 Å². The Kier molecular flexibility index (Phi) is 7.58. The lowest BCUT2D eigenvalue weighted by Gasteiger charge is -2.52. The van der Waals surface area contributed by atoms with Gasteiger partial charge in [0.15, 0.2) is 11.4 Å². The third-order valence-corrected chi connectivity index (χ3v) is 9.36. The first kappa shape index (κ1) is 26.8. The highest BCUT2D eigenvalue weighted by Gasteiger charge is 2.45. The Bertz CT molecular complexity index is 1240. The molecule has 1 amide bonds. The molecule has 5 rings (SSSR count). The highest BCUT2D eigenvalue weighted by atomic mass is 16.3. The molecule has 3 aliphatic carbocycles. The minimum Gasteiger partial charge on any atom is -0.502 e. The van der Waals surface area contributed by atoms with E-state index in [1.54, 1.807) is 16.7 Å². The maximum atomic E-state index is 13.7. The van der Waals surface area contributed by atoms with E-state index in [0.717, 1.165) is 64.6 Å². The minimum absolute atomic E-state index is 0.00662. The van der Waals surface area contributed by atoms with Crippen LogP contribution in [0.1, 0.15) is 83.1 Å². The van der Waals surface area contributed by atoms with Crippen molar-refractivity contribution in [2.24, 2.45) is 11.8 Å². The molecule has 0 aromatic carbocycles. The predicted octanol–water partition coefficient (Wildman–Crippen LogP) is 4.81. The van der Waals surface area contributed by atoms with E-state index in [9.17, 15) is 14.7 Å². The number of hydrogen-bond donors (Lipinski definition) is 1. The van der Waals surface area contributed by atoms with Gasteiger partial charge in [0.2, 0.25) is 5.43 Å². The monoisotopic (exact) mass is 520 g/mol. The number of hydrogen-bond acceptors (Lipinski definition) is 5. The van der Waals surface area contributed by atoms with Crippen molar-refractivity contribution in [3.05, 3.63) is 62.6 Å². The number of allylic oxidation sites excluding steroid dienone is 4. The smallest absolute Gasteiger partial charge is 0.277 e. The van der Waals surface area contributed by atoms with E-state index < -0.39 is 11.2 Å². The van der Waals surface area contributed by atoms with Crippen LogP contribution < -0.4 is 10.4 Å². The molecule has 1 aromatic heterocycles. The van der Waals surface area contributed by atoms with Gasteiger partial charge in [-0.3, -0.25) is 19.3 Å². The quantitative estimate of drug-likeness (QED) is 0.546. The summed E-state index contributed by atoms with van der Waals surface area (Å²) in [6.07, 6.45) is 13.3. The van der Waals surface area contributed by atoms with Crippen LogP contribution in [0.25, 0.3) is 0 Å². The van der Waals surface area contributed by atoms with Crippen molar-refractivity contribution >= 4 is 5.91 Å². The number of pyridine rings is 1. The molecule has 4 unspecified atom stereocenters. The van der Waals surface area contributed by atoms with Crippen LogP contribution in [-0.4, -0.2) is 64.4 Å². The zero-order chi connectivity index (χ0) is 27.1. The van der Waals surface area contributed by atoms with Gasteiger partial charge in [-0.2, -0.15) is 0 Å². The lowest BCUT2D eigenvalue weighted by Crippen LogP contribution is -2.65. The second-order valence-corrected chi connectivity index (χ2v) is 11.7. The van der Waals surface area contributed by atoms with E-state index in [0.29, 0.717) is 11.8 Å². The SMILES string of the molecule is CCN(CC)CCC1N(C)C(=O)c2c(O)c(=O)ccn2N1C1C2=C(C=CCC2)CCC2=C1C(C)CC(C)C2. The van der Waals surface area contributed by atoms with E-state index in [4.69, 9.17) is 0 Å². The summed E-state index contributed by atoms with van der Waals surface area (Å²) in [7, 11) is 1.83. The second kappa shape index (κ2) is 10.8. The highest BCUT2D eigenvalue weighted by Crippen LogP contribution is 2.46. The van der Waals surface area contributed by atoms with Crippen molar-refractivity contribution in [1.82, 2.24) is 14.5 Å². The van der Waals surface area contributed by atoms with Gasteiger partial charge >= 0.3 is 0 Å². The third-order valence-electron chi connectivity index (χ3n) is 9.36. The van der Waals surface area contributed by atoms with Crippen molar-refractivity contribution in [2.75, 3.05) is 31.7 Å². The highest BCUT2D eigenvalue weighted by molar-refractivity contribution is 5.96. The predicted molar refractivity (Wildman–Crippen MR) is 152 cm³/mol. The molecule has 0 fully saturated rings. The summed E-state index contributed by atoms with van der Waals surface area (Å²) >= 11 is 0. The standard InChI is InChI=1S/C31H44N4O3/c1-6-33(7-2)16-15-26-32(5)31(38)29-30(37)25(36)14-17-34(29)35(26)28-24-11-9-8-10-22(24)12-13-23-19-20(3)18-21(4)27(23)28/h8,10,14,17,20-21,26,28,37H,6-7,9,11-13,15-16,18-19H2,1-5H3. The van der Waals surface area contributed by atoms with Crippen LogP contribution in [0.2, 0.25) is 0 Å². The molecular formula is C31H44N4O3. The van der Waals surface area contributed by atoms with Gasteiger partial charge in [0.1, 0.15) is 6.17 Å². The van der Waals surface area contributed by atoms with Crippen molar-refractivity contribution in [3.63, 3.8) is 0 Å². The fraction of sp³-hybridized carbons (Fsp3) is 0.613. The molecule has 4 atom stereocenters. The molecular weight excluding hydrogens is 476 g/mol. The summed E-state index contributed by atoms with van der Waals surface area (Å²) in [5, 5.41) is 13.2. The Hall–Kier alpha value is -2.80. The van der Waals surface area contributed by atoms with E-state index >= 15 is 0 Å². The van der Waals surface area contributed by atoms with Crippen molar-refractivity contribution in [2.45, 2.75) is 84.8 Å². The molecule has 0 radical (unpaired) electrons. The molecule has 1 aliphatic heterocycles. The summed E-state index contributed by atoms with van der Waals surface area (Å²) < 4.78 is 1.83. The van der Waals surface area contributed by atoms with Crippen LogP contribution in [-0.2, 0) is 0 Å². The van der Waals surface area contributed by atoms with Gasteiger partial charge in [-0.05, 0) is 80.2 Å². The molecule has 0 saturated heterocycles. The van der Waals surface area contributed by atoms with E-state index in [1.165, 1.54) is 22.8 Å². The average molecular weight is 521 g/mol. The largest absolute Gasteiger partial charge is 0.502 e. The number of amides is 1. The number of fused-ring (bicyclic) bond motifs is 1. The van der Waals surface area contributed by atoms with E-state index in [1.807, 2.05) is 11.7 Å². The lowest BCUT2D eigenvalue weighted by molar-refractivity contribution is 0.0593. The summed E-state index contributed by atoms with van der Waals surface area (Å²) in [5.41, 5.74) is 5.50. The zero-order valence-corrected chi connectivity index (χ0v) is 23.7. The number of aromatic nitrogens is 1. The molecule has 7 heteroatoms. The van der Waals surface area contributed by atoms with Crippen LogP contribution in [0.3, 0.4) is 0 Å². The molecule has 4 aliphatic rings. The van der Waals surface area contributed by atoms with Gasteiger partial charge < -0.3 is 14.9 Å². The Morgan fingerprint density at radius 3 is 2.61 bits per heavy atom. The molecule has 1 aromatic rings. The maximum Gasteiger partial charge on any atom is 0.277 e. The molecule has 206 valence electrons. The lowest BCUT2D eigenvalue weighted by atomic mass is 9.73. The molecule has 1 N–H and O–H groups in total. The fourth-order valence-electron chi connectivity index (χ4n) is 7.47. The normalized spacial score (nSPS) is 27.5. The third kappa shape index (κ3) is 4.53. The minimum atomic E-state index is -0.513. The number of rotatable bonds is 6. The second-order valence-electron chi connectivity index (χ2n) is 11.7. The van der Waals surface area contributed by atoms with Gasteiger partial charge in [0.05, 0.1) is 6.04 Å². The summed E-state index contributed by atoms with van der Waals surface area (Å²) in [6, 6.07) is 1.40. The van der Waals surface area contributed by atoms with Gasteiger partial charge in [-0.15, -0.1) is 0 Å². The van der Waals surface area contributed by atoms with E-state index in [2.05, 4.69) is 49.8 Å². The maximum absolute atomic E-state index is 13.7. The summed E-state index contributed by atoms with van der Waals surface area (Å²) in [5.74, 6) is 0.333. The number of carbonyl (C=O) groups is 1. The Balaban J connectivity index is 1.74. The summed E-state index contributed by atoms with van der Waals surface area (Å²) in [4.78, 5) is 30.4. The van der Waals surface area contributed by atoms with Crippen LogP contribution in [0, 0.1) is 11.8 Å². The first-order valence-corrected chi connectivity index (χ1v) is 14.6. The van der Waals surface area contributed by atoms with Gasteiger partial charge in [-0.1, -0.05) is 45.4 Å². The molecule has 7 nitrogen and oxygen atoms in total. The zero-order valence-electron chi connectivity index (χ0n) is 23.7. The molecule has 0 saturated carbocycles. The molecule has 0 bridgehead atoms. The van der Waals surface area contributed by atoms with Crippen LogP contribution in [0.4, 0.5) is 0 Å². The Morgan fingerprint density at radius 2 is 1.87 bits per heavy atom. The van der Waals surface area contributed by atoms with Crippen molar-refractivity contribution in [1.29, 1.82) is 0 Å². The topological polar surface area (TPSA) is 69.0 Å². The van der Waals surface area contributed by atoms with E-state index in [-0.39, 0.29) is 23.8 Å². The number of aromatic hydroxyl groups is 1. The Morgan fingerprint density at radius 1 is 1.11 bits per heavy atom. The first-order chi connectivity index (χ1) is 18.3. The number of carbonyl (C=O) groups excluding carboxylic acids is 1.